The third-order valence-electron chi connectivity index (χ3n) is 7.10. The Hall–Kier alpha value is -5.52. The molecule has 3 heterocycles. The summed E-state index contributed by atoms with van der Waals surface area (Å²) >= 11 is 0. The SMILES string of the molecule is COc1ccc(CN(C)c2cc(Nc3cccc(-c4cccc(C(=O)O)n4)c3)nn3c(C(=O)NC4CC4F)cnc23)cc1. The van der Waals surface area contributed by atoms with E-state index in [1.165, 1.54) is 16.8 Å². The number of ether oxygens (including phenoxy) is 1. The van der Waals surface area contributed by atoms with E-state index in [0.717, 1.165) is 11.3 Å². The molecule has 0 spiro atoms. The van der Waals surface area contributed by atoms with Crippen molar-refractivity contribution in [3.05, 3.63) is 95.9 Å². The van der Waals surface area contributed by atoms with Gasteiger partial charge in [0.2, 0.25) is 0 Å². The highest BCUT2D eigenvalue weighted by molar-refractivity contribution is 5.94. The van der Waals surface area contributed by atoms with Gasteiger partial charge in [-0.3, -0.25) is 4.79 Å². The average molecular weight is 582 g/mol. The maximum atomic E-state index is 13.5. The molecule has 11 nitrogen and oxygen atoms in total. The number of aromatic carboxylic acids is 1. The summed E-state index contributed by atoms with van der Waals surface area (Å²) in [5, 5.41) is 20.0. The summed E-state index contributed by atoms with van der Waals surface area (Å²) in [6, 6.07) is 21.2. The van der Waals surface area contributed by atoms with Gasteiger partial charge >= 0.3 is 5.97 Å². The Morgan fingerprint density at radius 1 is 1.12 bits per heavy atom. The van der Waals surface area contributed by atoms with E-state index in [0.29, 0.717) is 47.1 Å². The average Bonchev–Trinajstić information content (AvgIpc) is 3.53. The Morgan fingerprint density at radius 3 is 2.60 bits per heavy atom. The molecule has 2 aromatic carbocycles. The predicted octanol–water partition coefficient (Wildman–Crippen LogP) is 4.72. The Bertz CT molecular complexity index is 1830. The number of benzene rings is 2. The zero-order chi connectivity index (χ0) is 30.1. The number of carboxylic acid groups (broad SMARTS) is 1. The first kappa shape index (κ1) is 27.6. The maximum absolute atomic E-state index is 13.5. The van der Waals surface area contributed by atoms with E-state index < -0.39 is 24.1 Å². The zero-order valence-electron chi connectivity index (χ0n) is 23.4. The standard InChI is InChI=1S/C31H28FN7O4/c1-38(17-18-9-11-21(43-2)12-10-18)26-15-28(37-39-27(16-33-29(26)39)30(40)36-25-14-22(25)32)34-20-6-3-5-19(13-20)23-7-4-8-24(35-23)31(41)42/h3-13,15-16,22,25H,14,17H2,1-2H3,(H,34,37)(H,36,40)(H,41,42). The molecule has 3 N–H and O–H groups in total. The first-order valence-electron chi connectivity index (χ1n) is 13.5. The molecule has 2 atom stereocenters. The highest BCUT2D eigenvalue weighted by atomic mass is 19.1. The van der Waals surface area contributed by atoms with E-state index in [4.69, 9.17) is 4.74 Å². The lowest BCUT2D eigenvalue weighted by Crippen LogP contribution is -2.28. The number of halogens is 1. The van der Waals surface area contributed by atoms with Crippen LogP contribution in [0.5, 0.6) is 5.75 Å². The number of aromatic nitrogens is 4. The number of nitrogens with zero attached hydrogens (tertiary/aromatic N) is 5. The van der Waals surface area contributed by atoms with Crippen molar-refractivity contribution < 1.29 is 23.8 Å². The number of amides is 1. The zero-order valence-corrected chi connectivity index (χ0v) is 23.4. The molecule has 218 valence electrons. The van der Waals surface area contributed by atoms with E-state index in [-0.39, 0.29) is 11.4 Å². The second kappa shape index (κ2) is 11.4. The van der Waals surface area contributed by atoms with Crippen LogP contribution in [0.2, 0.25) is 0 Å². The smallest absolute Gasteiger partial charge is 0.354 e. The minimum atomic E-state index is -1.11. The molecule has 1 fully saturated rings. The Labute approximate surface area is 246 Å². The number of carbonyl (C=O) groups excluding carboxylic acids is 1. The van der Waals surface area contributed by atoms with Crippen LogP contribution in [0.25, 0.3) is 16.9 Å². The lowest BCUT2D eigenvalue weighted by molar-refractivity contribution is 0.0690. The van der Waals surface area contributed by atoms with E-state index >= 15 is 0 Å². The number of carboxylic acids is 1. The monoisotopic (exact) mass is 581 g/mol. The van der Waals surface area contributed by atoms with Crippen molar-refractivity contribution in [2.24, 2.45) is 0 Å². The summed E-state index contributed by atoms with van der Waals surface area (Å²) in [7, 11) is 3.53. The largest absolute Gasteiger partial charge is 0.497 e. The van der Waals surface area contributed by atoms with E-state index in [1.54, 1.807) is 19.2 Å². The summed E-state index contributed by atoms with van der Waals surface area (Å²) in [6.45, 7) is 0.532. The summed E-state index contributed by atoms with van der Waals surface area (Å²) in [5.74, 6) is -0.386. The second-order valence-electron chi connectivity index (χ2n) is 10.2. The minimum Gasteiger partial charge on any atom is -0.497 e. The Balaban J connectivity index is 1.35. The number of pyridine rings is 1. The van der Waals surface area contributed by atoms with Crippen molar-refractivity contribution in [1.29, 1.82) is 0 Å². The third kappa shape index (κ3) is 5.94. The van der Waals surface area contributed by atoms with Crippen LogP contribution in [0.1, 0.15) is 33.0 Å². The fourth-order valence-corrected chi connectivity index (χ4v) is 4.71. The van der Waals surface area contributed by atoms with Crippen molar-refractivity contribution in [2.75, 3.05) is 24.4 Å². The lowest BCUT2D eigenvalue weighted by Gasteiger charge is -2.21. The molecule has 0 saturated heterocycles. The molecule has 43 heavy (non-hydrogen) atoms. The number of anilines is 3. The molecular formula is C31H28FN7O4. The van der Waals surface area contributed by atoms with E-state index in [9.17, 15) is 19.1 Å². The van der Waals surface area contributed by atoms with E-state index in [1.807, 2.05) is 66.5 Å². The molecule has 1 aliphatic carbocycles. The van der Waals surface area contributed by atoms with Gasteiger partial charge in [-0.25, -0.2) is 23.7 Å². The molecule has 0 bridgehead atoms. The van der Waals surface area contributed by atoms with Crippen LogP contribution in [-0.4, -0.2) is 62.9 Å². The van der Waals surface area contributed by atoms with Gasteiger partial charge in [0.15, 0.2) is 17.2 Å². The molecule has 3 aromatic heterocycles. The van der Waals surface area contributed by atoms with E-state index in [2.05, 4.69) is 25.7 Å². The van der Waals surface area contributed by atoms with Crippen molar-refractivity contribution in [3.63, 3.8) is 0 Å². The van der Waals surface area contributed by atoms with Crippen LogP contribution in [0.3, 0.4) is 0 Å². The number of hydrogen-bond donors (Lipinski definition) is 3. The van der Waals surface area contributed by atoms with Gasteiger partial charge in [0.05, 0.1) is 30.7 Å². The van der Waals surface area contributed by atoms with Crippen LogP contribution in [0.4, 0.5) is 21.6 Å². The quantitative estimate of drug-likeness (QED) is 0.214. The summed E-state index contributed by atoms with van der Waals surface area (Å²) in [4.78, 5) is 35.2. The molecule has 2 unspecified atom stereocenters. The van der Waals surface area contributed by atoms with Gasteiger partial charge in [-0.05, 0) is 42.0 Å². The van der Waals surface area contributed by atoms with Crippen LogP contribution in [0.15, 0.2) is 79.0 Å². The fraction of sp³-hybridized carbons (Fsp3) is 0.194. The molecule has 12 heteroatoms. The predicted molar refractivity (Wildman–Crippen MR) is 159 cm³/mol. The van der Waals surface area contributed by atoms with Gasteiger partial charge < -0.3 is 25.4 Å². The van der Waals surface area contributed by atoms with Crippen molar-refractivity contribution in [2.45, 2.75) is 25.2 Å². The number of imidazole rings is 1. The molecule has 5 aromatic rings. The van der Waals surface area contributed by atoms with Gasteiger partial charge in [0.1, 0.15) is 17.6 Å². The number of carbonyl (C=O) groups is 2. The number of rotatable bonds is 10. The molecular weight excluding hydrogens is 553 g/mol. The van der Waals surface area contributed by atoms with Gasteiger partial charge in [-0.2, -0.15) is 0 Å². The highest BCUT2D eigenvalue weighted by Crippen LogP contribution is 2.29. The lowest BCUT2D eigenvalue weighted by atomic mass is 10.1. The van der Waals surface area contributed by atoms with Crippen LogP contribution in [0, 0.1) is 0 Å². The Morgan fingerprint density at radius 2 is 1.88 bits per heavy atom. The molecule has 6 rings (SSSR count). The molecule has 1 saturated carbocycles. The number of alkyl halides is 1. The fourth-order valence-electron chi connectivity index (χ4n) is 4.71. The van der Waals surface area contributed by atoms with Gasteiger partial charge in [-0.15, -0.1) is 5.10 Å². The number of nitrogens with one attached hydrogen (secondary N) is 2. The first-order chi connectivity index (χ1) is 20.8. The van der Waals surface area contributed by atoms with Crippen molar-refractivity contribution >= 4 is 34.7 Å². The molecule has 1 amide bonds. The second-order valence-corrected chi connectivity index (χ2v) is 10.2. The molecule has 1 aliphatic rings. The number of methoxy groups -OCH3 is 1. The molecule has 0 radical (unpaired) electrons. The highest BCUT2D eigenvalue weighted by Gasteiger charge is 2.39. The van der Waals surface area contributed by atoms with Crippen LogP contribution in [-0.2, 0) is 6.54 Å². The number of hydrogen-bond acceptors (Lipinski definition) is 8. The van der Waals surface area contributed by atoms with Crippen LogP contribution >= 0.6 is 0 Å². The molecule has 0 aliphatic heterocycles. The minimum absolute atomic E-state index is 0.0521. The van der Waals surface area contributed by atoms with Crippen molar-refractivity contribution in [3.8, 4) is 17.0 Å². The normalized spacial score (nSPS) is 15.6. The summed E-state index contributed by atoms with van der Waals surface area (Å²) in [5.41, 5.74) is 4.20. The maximum Gasteiger partial charge on any atom is 0.354 e. The topological polar surface area (TPSA) is 134 Å². The Kier molecular flexibility index (Phi) is 7.33. The van der Waals surface area contributed by atoms with Crippen LogP contribution < -0.4 is 20.3 Å². The van der Waals surface area contributed by atoms with Gasteiger partial charge in [0, 0.05) is 37.3 Å². The number of fused-ring (bicyclic) bond motifs is 1. The van der Waals surface area contributed by atoms with Gasteiger partial charge in [-0.1, -0.05) is 30.3 Å². The van der Waals surface area contributed by atoms with Gasteiger partial charge in [0.25, 0.3) is 5.91 Å². The van der Waals surface area contributed by atoms with Crippen molar-refractivity contribution in [1.82, 2.24) is 24.9 Å². The summed E-state index contributed by atoms with van der Waals surface area (Å²) in [6.07, 6.45) is 0.681. The third-order valence-corrected chi connectivity index (χ3v) is 7.10. The summed E-state index contributed by atoms with van der Waals surface area (Å²) < 4.78 is 20.3. The first-order valence-corrected chi connectivity index (χ1v) is 13.5.